The zero-order chi connectivity index (χ0) is 22.5. The quantitative estimate of drug-likeness (QED) is 0.314. The molecule has 166 valence electrons. The number of benzene rings is 1. The van der Waals surface area contributed by atoms with Crippen molar-refractivity contribution in [1.29, 1.82) is 0 Å². The standard InChI is InChI=1S/C21H21BrN6O3S/c1-13(10-18-23-11-14(22)12-24-18)32-27-21-26-25-20(17-8-5-9-31-17)28(21)19-15(29-2)6-4-7-16(19)30-3/h4-9,11-13H,10H2,1-3H3,(H,26,27). The third kappa shape index (κ3) is 4.73. The molecule has 4 rings (SSSR count). The van der Waals surface area contributed by atoms with Gasteiger partial charge in [-0.25, -0.2) is 9.97 Å². The maximum Gasteiger partial charge on any atom is 0.239 e. The number of furan rings is 1. The molecule has 0 saturated heterocycles. The molecule has 4 aromatic rings. The van der Waals surface area contributed by atoms with Crippen molar-refractivity contribution in [3.8, 4) is 28.8 Å². The number of aromatic nitrogens is 5. The first-order chi connectivity index (χ1) is 15.6. The Kier molecular flexibility index (Phi) is 6.96. The monoisotopic (exact) mass is 516 g/mol. The molecule has 0 bridgehead atoms. The van der Waals surface area contributed by atoms with E-state index in [2.05, 4.69) is 47.7 Å². The molecule has 0 aliphatic heterocycles. The van der Waals surface area contributed by atoms with E-state index < -0.39 is 0 Å². The number of nitrogens with zero attached hydrogens (tertiary/aromatic N) is 5. The van der Waals surface area contributed by atoms with Gasteiger partial charge in [-0.15, -0.1) is 10.2 Å². The molecule has 1 unspecified atom stereocenters. The number of hydrogen-bond acceptors (Lipinski definition) is 9. The first kappa shape index (κ1) is 22.2. The Morgan fingerprint density at radius 3 is 2.44 bits per heavy atom. The second-order valence-electron chi connectivity index (χ2n) is 6.72. The molecule has 9 nitrogen and oxygen atoms in total. The maximum absolute atomic E-state index is 5.61. The zero-order valence-corrected chi connectivity index (χ0v) is 20.1. The third-order valence-electron chi connectivity index (χ3n) is 4.53. The fraction of sp³-hybridized carbons (Fsp3) is 0.238. The molecular weight excluding hydrogens is 496 g/mol. The van der Waals surface area contributed by atoms with E-state index in [0.29, 0.717) is 41.1 Å². The van der Waals surface area contributed by atoms with E-state index in [1.54, 1.807) is 38.9 Å². The lowest BCUT2D eigenvalue weighted by Gasteiger charge is -2.17. The van der Waals surface area contributed by atoms with Gasteiger partial charge in [-0.1, -0.05) is 13.0 Å². The van der Waals surface area contributed by atoms with Gasteiger partial charge in [0.2, 0.25) is 11.8 Å². The number of nitrogens with one attached hydrogen (secondary N) is 1. The van der Waals surface area contributed by atoms with E-state index in [-0.39, 0.29) is 5.25 Å². The molecule has 0 radical (unpaired) electrons. The minimum Gasteiger partial charge on any atom is -0.494 e. The SMILES string of the molecule is COc1cccc(OC)c1-n1c(NSC(C)Cc2ncc(Br)cn2)nnc1-c1ccco1. The van der Waals surface area contributed by atoms with Gasteiger partial charge >= 0.3 is 0 Å². The average molecular weight is 517 g/mol. The van der Waals surface area contributed by atoms with Gasteiger partial charge in [0.15, 0.2) is 5.76 Å². The number of para-hydroxylation sites is 1. The minimum atomic E-state index is 0.160. The number of halogens is 1. The lowest BCUT2D eigenvalue weighted by atomic mass is 10.2. The number of hydrogen-bond donors (Lipinski definition) is 1. The summed E-state index contributed by atoms with van der Waals surface area (Å²) in [4.78, 5) is 8.69. The summed E-state index contributed by atoms with van der Waals surface area (Å²) in [5, 5.41) is 8.88. The summed E-state index contributed by atoms with van der Waals surface area (Å²) in [5.74, 6) is 3.58. The summed E-state index contributed by atoms with van der Waals surface area (Å²) in [7, 11) is 3.22. The predicted molar refractivity (Wildman–Crippen MR) is 126 cm³/mol. The van der Waals surface area contributed by atoms with Crippen LogP contribution in [0.4, 0.5) is 5.95 Å². The molecule has 32 heavy (non-hydrogen) atoms. The molecule has 0 amide bonds. The van der Waals surface area contributed by atoms with Gasteiger partial charge in [0.1, 0.15) is 23.0 Å². The van der Waals surface area contributed by atoms with Gasteiger partial charge in [-0.05, 0) is 52.1 Å². The fourth-order valence-corrected chi connectivity index (χ4v) is 3.95. The van der Waals surface area contributed by atoms with Crippen LogP contribution in [0.3, 0.4) is 0 Å². The normalized spacial score (nSPS) is 11.9. The lowest BCUT2D eigenvalue weighted by Crippen LogP contribution is -2.11. The molecule has 3 heterocycles. The molecule has 3 aromatic heterocycles. The second-order valence-corrected chi connectivity index (χ2v) is 8.88. The highest BCUT2D eigenvalue weighted by Gasteiger charge is 2.24. The molecule has 1 aromatic carbocycles. The Labute approximate surface area is 197 Å². The predicted octanol–water partition coefficient (Wildman–Crippen LogP) is 4.79. The van der Waals surface area contributed by atoms with Crippen molar-refractivity contribution >= 4 is 33.8 Å². The molecule has 0 fully saturated rings. The van der Waals surface area contributed by atoms with Crippen LogP contribution in [0.5, 0.6) is 11.5 Å². The maximum atomic E-state index is 5.61. The van der Waals surface area contributed by atoms with Gasteiger partial charge < -0.3 is 13.9 Å². The summed E-state index contributed by atoms with van der Waals surface area (Å²) >= 11 is 4.85. The topological polar surface area (TPSA) is 100 Å². The van der Waals surface area contributed by atoms with Crippen molar-refractivity contribution in [2.45, 2.75) is 18.6 Å². The van der Waals surface area contributed by atoms with E-state index >= 15 is 0 Å². The van der Waals surface area contributed by atoms with Crippen molar-refractivity contribution in [1.82, 2.24) is 24.7 Å². The average Bonchev–Trinajstić information content (AvgIpc) is 3.48. The van der Waals surface area contributed by atoms with Crippen molar-refractivity contribution < 1.29 is 13.9 Å². The van der Waals surface area contributed by atoms with Crippen LogP contribution >= 0.6 is 27.9 Å². The molecule has 0 saturated carbocycles. The summed E-state index contributed by atoms with van der Waals surface area (Å²) in [6, 6.07) is 9.20. The molecule has 1 N–H and O–H groups in total. The molecule has 0 aliphatic carbocycles. The lowest BCUT2D eigenvalue weighted by molar-refractivity contribution is 0.391. The first-order valence-electron chi connectivity index (χ1n) is 9.69. The molecule has 1 atom stereocenters. The van der Waals surface area contributed by atoms with Crippen LogP contribution in [0.15, 0.2) is 57.9 Å². The molecular formula is C21H21BrN6O3S. The van der Waals surface area contributed by atoms with E-state index in [9.17, 15) is 0 Å². The Hall–Kier alpha value is -3.05. The van der Waals surface area contributed by atoms with Crippen molar-refractivity contribution in [3.05, 3.63) is 59.3 Å². The Balaban J connectivity index is 1.66. The van der Waals surface area contributed by atoms with Gasteiger partial charge in [-0.3, -0.25) is 9.29 Å². The first-order valence-corrected chi connectivity index (χ1v) is 11.4. The number of ether oxygens (including phenoxy) is 2. The van der Waals surface area contributed by atoms with E-state index in [4.69, 9.17) is 13.9 Å². The zero-order valence-electron chi connectivity index (χ0n) is 17.7. The van der Waals surface area contributed by atoms with Crippen LogP contribution in [0.25, 0.3) is 17.3 Å². The highest BCUT2D eigenvalue weighted by molar-refractivity contribution is 9.10. The van der Waals surface area contributed by atoms with Crippen LogP contribution in [0, 0.1) is 0 Å². The second kappa shape index (κ2) is 10.0. The highest BCUT2D eigenvalue weighted by Crippen LogP contribution is 2.38. The highest BCUT2D eigenvalue weighted by atomic mass is 79.9. The number of anilines is 1. The van der Waals surface area contributed by atoms with Crippen LogP contribution in [0.2, 0.25) is 0 Å². The smallest absolute Gasteiger partial charge is 0.239 e. The fourth-order valence-electron chi connectivity index (χ4n) is 3.08. The summed E-state index contributed by atoms with van der Waals surface area (Å²) in [6.45, 7) is 2.08. The van der Waals surface area contributed by atoms with Crippen LogP contribution in [0.1, 0.15) is 12.7 Å². The van der Waals surface area contributed by atoms with Crippen LogP contribution < -0.4 is 14.2 Å². The van der Waals surface area contributed by atoms with Crippen molar-refractivity contribution in [2.75, 3.05) is 18.9 Å². The summed E-state index contributed by atoms with van der Waals surface area (Å²) in [6.07, 6.45) is 5.76. The van der Waals surface area contributed by atoms with Crippen LogP contribution in [-0.2, 0) is 6.42 Å². The van der Waals surface area contributed by atoms with E-state index in [1.807, 2.05) is 28.8 Å². The van der Waals surface area contributed by atoms with Gasteiger partial charge in [0.25, 0.3) is 0 Å². The molecule has 11 heteroatoms. The van der Waals surface area contributed by atoms with E-state index in [0.717, 1.165) is 10.3 Å². The van der Waals surface area contributed by atoms with Gasteiger partial charge in [-0.2, -0.15) is 0 Å². The summed E-state index contributed by atoms with van der Waals surface area (Å²) < 4.78 is 22.8. The largest absolute Gasteiger partial charge is 0.494 e. The summed E-state index contributed by atoms with van der Waals surface area (Å²) in [5.41, 5.74) is 0.667. The Morgan fingerprint density at radius 2 is 1.81 bits per heavy atom. The number of methoxy groups -OCH3 is 2. The van der Waals surface area contributed by atoms with Crippen molar-refractivity contribution in [3.63, 3.8) is 0 Å². The molecule has 0 aliphatic rings. The third-order valence-corrected chi connectivity index (χ3v) is 5.80. The molecule has 0 spiro atoms. The van der Waals surface area contributed by atoms with Gasteiger partial charge in [0.05, 0.1) is 25.0 Å². The van der Waals surface area contributed by atoms with E-state index in [1.165, 1.54) is 11.9 Å². The Bertz CT molecular complexity index is 1140. The Morgan fingerprint density at radius 1 is 1.09 bits per heavy atom. The van der Waals surface area contributed by atoms with Gasteiger partial charge in [0, 0.05) is 24.1 Å². The van der Waals surface area contributed by atoms with Crippen LogP contribution in [-0.4, -0.2) is 44.2 Å². The number of rotatable bonds is 9. The van der Waals surface area contributed by atoms with Crippen molar-refractivity contribution in [2.24, 2.45) is 0 Å². The minimum absolute atomic E-state index is 0.160.